The van der Waals surface area contributed by atoms with Crippen LogP contribution in [-0.2, 0) is 0 Å². The van der Waals surface area contributed by atoms with Crippen molar-refractivity contribution in [2.75, 3.05) is 32.8 Å². The maximum absolute atomic E-state index is 13.5. The number of ether oxygens (including phenoxy) is 4. The van der Waals surface area contributed by atoms with E-state index in [0.29, 0.717) is 58.7 Å². The van der Waals surface area contributed by atoms with Crippen LogP contribution in [-0.4, -0.2) is 43.1 Å². The fourth-order valence-electron chi connectivity index (χ4n) is 3.77. The number of amides is 1. The van der Waals surface area contributed by atoms with Gasteiger partial charge in [0, 0.05) is 23.5 Å². The molecule has 0 saturated carbocycles. The van der Waals surface area contributed by atoms with Crippen LogP contribution >= 0.6 is 0 Å². The summed E-state index contributed by atoms with van der Waals surface area (Å²) in [5.41, 5.74) is 2.90. The molecule has 172 valence electrons. The Morgan fingerprint density at radius 3 is 2.50 bits per heavy atom. The predicted octanol–water partition coefficient (Wildman–Crippen LogP) is 4.58. The van der Waals surface area contributed by atoms with Gasteiger partial charge in [0.2, 0.25) is 0 Å². The molecular weight excluding hydrogens is 434 g/mol. The highest BCUT2D eigenvalue weighted by Gasteiger charge is 2.23. The van der Waals surface area contributed by atoms with Crippen LogP contribution in [0.25, 0.3) is 16.9 Å². The van der Waals surface area contributed by atoms with Gasteiger partial charge in [0.15, 0.2) is 11.5 Å². The third-order valence-corrected chi connectivity index (χ3v) is 5.44. The van der Waals surface area contributed by atoms with Crippen molar-refractivity contribution in [2.24, 2.45) is 0 Å². The standard InChI is InChI=1S/C26H23N3O5/c1-31-19-9-11-22(32-2)20(15-19)25-21(16-29(28-25)18-6-4-3-5-7-18)26(30)27-17-8-10-23-24(14-17)34-13-12-33-23/h3-11,14-16H,12-13H2,1-2H3,(H,27,30). The lowest BCUT2D eigenvalue weighted by Gasteiger charge is -2.19. The predicted molar refractivity (Wildman–Crippen MR) is 127 cm³/mol. The Hall–Kier alpha value is -4.46. The molecule has 34 heavy (non-hydrogen) atoms. The molecule has 0 fully saturated rings. The van der Waals surface area contributed by atoms with Crippen molar-refractivity contribution in [3.05, 3.63) is 78.5 Å². The number of methoxy groups -OCH3 is 2. The fraction of sp³-hybridized carbons (Fsp3) is 0.154. The van der Waals surface area contributed by atoms with Gasteiger partial charge >= 0.3 is 0 Å². The van der Waals surface area contributed by atoms with Gasteiger partial charge in [0.1, 0.15) is 30.4 Å². The van der Waals surface area contributed by atoms with Crippen LogP contribution in [0.5, 0.6) is 23.0 Å². The lowest BCUT2D eigenvalue weighted by molar-refractivity contribution is 0.102. The summed E-state index contributed by atoms with van der Waals surface area (Å²) in [6.07, 6.45) is 1.71. The minimum absolute atomic E-state index is 0.321. The quantitative estimate of drug-likeness (QED) is 0.456. The van der Waals surface area contributed by atoms with Gasteiger partial charge in [-0.25, -0.2) is 4.68 Å². The van der Waals surface area contributed by atoms with Gasteiger partial charge in [-0.3, -0.25) is 4.79 Å². The minimum atomic E-state index is -0.321. The molecule has 0 spiro atoms. The highest BCUT2D eigenvalue weighted by Crippen LogP contribution is 2.36. The molecule has 0 saturated heterocycles. The second kappa shape index (κ2) is 9.19. The molecule has 3 aromatic carbocycles. The minimum Gasteiger partial charge on any atom is -0.497 e. The van der Waals surface area contributed by atoms with Crippen molar-refractivity contribution >= 4 is 11.6 Å². The first-order valence-corrected chi connectivity index (χ1v) is 10.7. The first-order chi connectivity index (χ1) is 16.7. The van der Waals surface area contributed by atoms with Crippen molar-refractivity contribution in [1.29, 1.82) is 0 Å². The van der Waals surface area contributed by atoms with E-state index >= 15 is 0 Å². The Morgan fingerprint density at radius 2 is 1.74 bits per heavy atom. The Balaban J connectivity index is 1.57. The largest absolute Gasteiger partial charge is 0.497 e. The van der Waals surface area contributed by atoms with Crippen molar-refractivity contribution in [2.45, 2.75) is 0 Å². The van der Waals surface area contributed by atoms with E-state index in [1.165, 1.54) is 0 Å². The van der Waals surface area contributed by atoms with Crippen LogP contribution in [0.1, 0.15) is 10.4 Å². The number of rotatable bonds is 6. The van der Waals surface area contributed by atoms with E-state index < -0.39 is 0 Å². The summed E-state index contributed by atoms with van der Waals surface area (Å²) in [5, 5.41) is 7.69. The number of anilines is 1. The third-order valence-electron chi connectivity index (χ3n) is 5.44. The smallest absolute Gasteiger partial charge is 0.259 e. The number of fused-ring (bicyclic) bond motifs is 1. The average molecular weight is 457 g/mol. The Kier molecular flexibility index (Phi) is 5.78. The van der Waals surface area contributed by atoms with Gasteiger partial charge in [-0.05, 0) is 42.5 Å². The van der Waals surface area contributed by atoms with E-state index in [4.69, 9.17) is 24.0 Å². The van der Waals surface area contributed by atoms with E-state index in [1.807, 2.05) is 30.3 Å². The number of para-hydroxylation sites is 1. The summed E-state index contributed by atoms with van der Waals surface area (Å²) in [6, 6.07) is 20.3. The summed E-state index contributed by atoms with van der Waals surface area (Å²) in [6.45, 7) is 0.969. The SMILES string of the molecule is COc1ccc(OC)c(-c2nn(-c3ccccc3)cc2C(=O)Nc2ccc3c(c2)OCCO3)c1. The number of nitrogens with zero attached hydrogens (tertiary/aromatic N) is 2. The molecule has 1 amide bonds. The number of carbonyl (C=O) groups excluding carboxylic acids is 1. The molecule has 8 nitrogen and oxygen atoms in total. The van der Waals surface area contributed by atoms with Gasteiger partial charge in [0.25, 0.3) is 5.91 Å². The molecular formula is C26H23N3O5. The zero-order chi connectivity index (χ0) is 23.5. The number of benzene rings is 3. The number of hydrogen-bond donors (Lipinski definition) is 1. The Morgan fingerprint density at radius 1 is 0.941 bits per heavy atom. The number of carbonyl (C=O) groups is 1. The summed E-state index contributed by atoms with van der Waals surface area (Å²) in [5.74, 6) is 2.14. The van der Waals surface area contributed by atoms with Gasteiger partial charge in [-0.15, -0.1) is 0 Å². The molecule has 8 heteroatoms. The number of nitrogens with one attached hydrogen (secondary N) is 1. The average Bonchev–Trinajstić information content (AvgIpc) is 3.34. The third kappa shape index (κ3) is 4.13. The Bertz CT molecular complexity index is 1330. The molecule has 1 aliphatic heterocycles. The maximum Gasteiger partial charge on any atom is 0.259 e. The number of aromatic nitrogens is 2. The normalized spacial score (nSPS) is 12.2. The molecule has 0 unspecified atom stereocenters. The Labute approximate surface area is 196 Å². The zero-order valence-electron chi connectivity index (χ0n) is 18.8. The summed E-state index contributed by atoms with van der Waals surface area (Å²) in [7, 11) is 3.16. The summed E-state index contributed by atoms with van der Waals surface area (Å²) in [4.78, 5) is 13.5. The van der Waals surface area contributed by atoms with Gasteiger partial charge in [0.05, 0.1) is 25.5 Å². The fourth-order valence-corrected chi connectivity index (χ4v) is 3.77. The second-order valence-electron chi connectivity index (χ2n) is 7.55. The molecule has 2 heterocycles. The van der Waals surface area contributed by atoms with Crippen LogP contribution < -0.4 is 24.3 Å². The van der Waals surface area contributed by atoms with E-state index in [2.05, 4.69) is 5.32 Å². The maximum atomic E-state index is 13.5. The van der Waals surface area contributed by atoms with Crippen LogP contribution in [0.15, 0.2) is 72.9 Å². The molecule has 4 aromatic rings. The topological polar surface area (TPSA) is 83.8 Å². The van der Waals surface area contributed by atoms with E-state index in [9.17, 15) is 4.79 Å². The molecule has 0 radical (unpaired) electrons. The highest BCUT2D eigenvalue weighted by atomic mass is 16.6. The molecule has 0 atom stereocenters. The lowest BCUT2D eigenvalue weighted by atomic mass is 10.1. The van der Waals surface area contributed by atoms with Crippen molar-refractivity contribution in [3.63, 3.8) is 0 Å². The van der Waals surface area contributed by atoms with E-state index in [1.54, 1.807) is 61.5 Å². The molecule has 1 N–H and O–H groups in total. The lowest BCUT2D eigenvalue weighted by Crippen LogP contribution is -2.16. The second-order valence-corrected chi connectivity index (χ2v) is 7.55. The van der Waals surface area contributed by atoms with E-state index in [0.717, 1.165) is 5.69 Å². The van der Waals surface area contributed by atoms with Crippen LogP contribution in [0.3, 0.4) is 0 Å². The molecule has 5 rings (SSSR count). The molecule has 1 aromatic heterocycles. The van der Waals surface area contributed by atoms with Crippen LogP contribution in [0, 0.1) is 0 Å². The summed E-state index contributed by atoms with van der Waals surface area (Å²) < 4.78 is 23.8. The highest BCUT2D eigenvalue weighted by molar-refractivity contribution is 6.08. The molecule has 0 bridgehead atoms. The monoisotopic (exact) mass is 457 g/mol. The van der Waals surface area contributed by atoms with Crippen molar-refractivity contribution < 1.29 is 23.7 Å². The van der Waals surface area contributed by atoms with E-state index in [-0.39, 0.29) is 5.91 Å². The number of hydrogen-bond acceptors (Lipinski definition) is 6. The van der Waals surface area contributed by atoms with Gasteiger partial charge in [-0.2, -0.15) is 5.10 Å². The molecule has 0 aliphatic carbocycles. The zero-order valence-corrected chi connectivity index (χ0v) is 18.8. The summed E-state index contributed by atoms with van der Waals surface area (Å²) >= 11 is 0. The van der Waals surface area contributed by atoms with Gasteiger partial charge in [-0.1, -0.05) is 18.2 Å². The first kappa shape index (κ1) is 21.4. The van der Waals surface area contributed by atoms with Crippen LogP contribution in [0.2, 0.25) is 0 Å². The van der Waals surface area contributed by atoms with Gasteiger partial charge < -0.3 is 24.3 Å². The van der Waals surface area contributed by atoms with Crippen LogP contribution in [0.4, 0.5) is 5.69 Å². The molecule has 1 aliphatic rings. The van der Waals surface area contributed by atoms with Crippen molar-refractivity contribution in [1.82, 2.24) is 9.78 Å². The first-order valence-electron chi connectivity index (χ1n) is 10.7. The van der Waals surface area contributed by atoms with Crippen molar-refractivity contribution in [3.8, 4) is 39.9 Å².